The molecule has 160 valence electrons. The van der Waals surface area contributed by atoms with Crippen molar-refractivity contribution in [3.05, 3.63) is 35.9 Å². The first kappa shape index (κ1) is 21.8. The minimum Gasteiger partial charge on any atom is -0.383 e. The molecule has 3 rings (SSSR count). The first-order chi connectivity index (χ1) is 13.9. The van der Waals surface area contributed by atoms with Crippen molar-refractivity contribution in [3.63, 3.8) is 0 Å². The average molecular weight is 402 g/mol. The molecule has 6 nitrogen and oxygen atoms in total. The summed E-state index contributed by atoms with van der Waals surface area (Å²) in [6.45, 7) is 9.62. The van der Waals surface area contributed by atoms with Crippen molar-refractivity contribution in [2.24, 2.45) is 5.92 Å². The molecule has 0 aliphatic carbocycles. The molecular formula is C23H35N3O3. The van der Waals surface area contributed by atoms with Gasteiger partial charge in [-0.05, 0) is 37.7 Å². The highest BCUT2D eigenvalue weighted by atomic mass is 16.5. The second-order valence-electron chi connectivity index (χ2n) is 8.85. The summed E-state index contributed by atoms with van der Waals surface area (Å²) in [6.07, 6.45) is 2.14. The normalized spacial score (nSPS) is 20.9. The molecule has 2 saturated heterocycles. The average Bonchev–Trinajstić information content (AvgIpc) is 2.89. The van der Waals surface area contributed by atoms with Crippen LogP contribution in [-0.4, -0.2) is 78.1 Å². The first-order valence-corrected chi connectivity index (χ1v) is 10.8. The molecule has 1 spiro atoms. The van der Waals surface area contributed by atoms with Crippen LogP contribution in [0.5, 0.6) is 0 Å². The van der Waals surface area contributed by atoms with Crippen LogP contribution in [0.25, 0.3) is 0 Å². The molecule has 29 heavy (non-hydrogen) atoms. The van der Waals surface area contributed by atoms with E-state index < -0.39 is 5.54 Å². The molecule has 0 aromatic heterocycles. The number of imide groups is 1. The molecule has 1 aromatic rings. The van der Waals surface area contributed by atoms with Gasteiger partial charge in [-0.1, -0.05) is 44.2 Å². The second-order valence-corrected chi connectivity index (χ2v) is 8.85. The number of carbonyl (C=O) groups excluding carboxylic acids is 2. The number of piperidine rings is 1. The van der Waals surface area contributed by atoms with Crippen LogP contribution in [0.15, 0.2) is 30.3 Å². The van der Waals surface area contributed by atoms with E-state index >= 15 is 0 Å². The maximum atomic E-state index is 13.5. The number of nitrogens with zero attached hydrogens (tertiary/aromatic N) is 3. The lowest BCUT2D eigenvalue weighted by Crippen LogP contribution is -2.58. The molecule has 2 fully saturated rings. The largest absolute Gasteiger partial charge is 0.383 e. The van der Waals surface area contributed by atoms with Crippen molar-refractivity contribution < 1.29 is 14.3 Å². The van der Waals surface area contributed by atoms with Crippen molar-refractivity contribution in [2.45, 2.75) is 51.6 Å². The highest BCUT2D eigenvalue weighted by Crippen LogP contribution is 2.38. The van der Waals surface area contributed by atoms with Gasteiger partial charge in [0.25, 0.3) is 5.91 Å². The van der Waals surface area contributed by atoms with Gasteiger partial charge in [0.05, 0.1) is 6.61 Å². The summed E-state index contributed by atoms with van der Waals surface area (Å²) in [5.74, 6) is 0.263. The van der Waals surface area contributed by atoms with Crippen molar-refractivity contribution in [2.75, 3.05) is 39.9 Å². The van der Waals surface area contributed by atoms with Gasteiger partial charge in [-0.15, -0.1) is 0 Å². The number of hydrogen-bond donors (Lipinski definition) is 0. The van der Waals surface area contributed by atoms with Gasteiger partial charge < -0.3 is 9.64 Å². The second kappa shape index (κ2) is 9.26. The molecule has 0 unspecified atom stereocenters. The van der Waals surface area contributed by atoms with Crippen LogP contribution in [0.3, 0.4) is 0 Å². The number of likely N-dealkylation sites (tertiary alicyclic amines) is 1. The van der Waals surface area contributed by atoms with E-state index in [1.165, 1.54) is 10.5 Å². The topological polar surface area (TPSA) is 53.1 Å². The number of ether oxygens (including phenoxy) is 1. The zero-order valence-corrected chi connectivity index (χ0v) is 18.3. The Morgan fingerprint density at radius 1 is 1.07 bits per heavy atom. The summed E-state index contributed by atoms with van der Waals surface area (Å²) in [6, 6.07) is 10.4. The first-order valence-electron chi connectivity index (χ1n) is 10.8. The standard InChI is InChI=1S/C23H35N3O3/c1-18(2)16-25-21(27)23(11-14-24(15-12-23)19(3)17-29-4)26(22(25)28)13-10-20-8-6-5-7-9-20/h5-9,18-19H,10-17H2,1-4H3/t19-/m0/s1. The fraction of sp³-hybridized carbons (Fsp3) is 0.652. The fourth-order valence-corrected chi connectivity index (χ4v) is 4.67. The van der Waals surface area contributed by atoms with E-state index in [9.17, 15) is 9.59 Å². The van der Waals surface area contributed by atoms with Crippen molar-refractivity contribution in [3.8, 4) is 0 Å². The molecule has 0 bridgehead atoms. The van der Waals surface area contributed by atoms with E-state index in [2.05, 4.69) is 37.8 Å². The highest BCUT2D eigenvalue weighted by molar-refractivity contribution is 6.07. The van der Waals surface area contributed by atoms with Crippen molar-refractivity contribution in [1.82, 2.24) is 14.7 Å². The molecule has 0 N–H and O–H groups in total. The molecule has 2 aliphatic heterocycles. The quantitative estimate of drug-likeness (QED) is 0.629. The zero-order chi connectivity index (χ0) is 21.0. The van der Waals surface area contributed by atoms with E-state index in [1.807, 2.05) is 23.1 Å². The van der Waals surface area contributed by atoms with E-state index in [0.29, 0.717) is 38.6 Å². The van der Waals surface area contributed by atoms with Gasteiger partial charge >= 0.3 is 6.03 Å². The molecule has 0 saturated carbocycles. The molecule has 0 radical (unpaired) electrons. The molecule has 6 heteroatoms. The van der Waals surface area contributed by atoms with Crippen LogP contribution >= 0.6 is 0 Å². The van der Waals surface area contributed by atoms with Gasteiger partial charge in [0.1, 0.15) is 5.54 Å². The number of carbonyl (C=O) groups is 2. The van der Waals surface area contributed by atoms with Gasteiger partial charge in [0, 0.05) is 39.3 Å². The summed E-state index contributed by atoms with van der Waals surface area (Å²) >= 11 is 0. The van der Waals surface area contributed by atoms with Crippen LogP contribution in [0.1, 0.15) is 39.2 Å². The highest BCUT2D eigenvalue weighted by Gasteiger charge is 2.57. The number of methoxy groups -OCH3 is 1. The lowest BCUT2D eigenvalue weighted by atomic mass is 9.85. The lowest BCUT2D eigenvalue weighted by Gasteiger charge is -2.44. The third-order valence-electron chi connectivity index (χ3n) is 6.29. The van der Waals surface area contributed by atoms with Crippen LogP contribution < -0.4 is 0 Å². The number of urea groups is 1. The Morgan fingerprint density at radius 3 is 2.31 bits per heavy atom. The maximum absolute atomic E-state index is 13.5. The Hall–Kier alpha value is -1.92. The van der Waals surface area contributed by atoms with Crippen LogP contribution in [0.2, 0.25) is 0 Å². The SMILES string of the molecule is COC[C@H](C)N1CCC2(CC1)C(=O)N(CC(C)C)C(=O)N2CCc1ccccc1. The summed E-state index contributed by atoms with van der Waals surface area (Å²) in [7, 11) is 1.72. The third-order valence-corrected chi connectivity index (χ3v) is 6.29. The van der Waals surface area contributed by atoms with Crippen LogP contribution in [-0.2, 0) is 16.0 Å². The monoisotopic (exact) mass is 401 g/mol. The van der Waals surface area contributed by atoms with Gasteiger partial charge in [-0.2, -0.15) is 0 Å². The number of hydrogen-bond acceptors (Lipinski definition) is 4. The van der Waals surface area contributed by atoms with Gasteiger partial charge in [0.2, 0.25) is 0 Å². The van der Waals surface area contributed by atoms with E-state index in [1.54, 1.807) is 7.11 Å². The van der Waals surface area contributed by atoms with Crippen molar-refractivity contribution >= 4 is 11.9 Å². The molecule has 2 heterocycles. The van der Waals surface area contributed by atoms with E-state index in [0.717, 1.165) is 19.5 Å². The van der Waals surface area contributed by atoms with Gasteiger partial charge in [-0.3, -0.25) is 14.6 Å². The Balaban J connectivity index is 1.79. The molecule has 1 atom stereocenters. The predicted octanol–water partition coefficient (Wildman–Crippen LogP) is 3.02. The maximum Gasteiger partial charge on any atom is 0.327 e. The Labute approximate surface area is 174 Å². The summed E-state index contributed by atoms with van der Waals surface area (Å²) in [5, 5.41) is 0. The molecular weight excluding hydrogens is 366 g/mol. The Kier molecular flexibility index (Phi) is 6.96. The van der Waals surface area contributed by atoms with Crippen molar-refractivity contribution in [1.29, 1.82) is 0 Å². The number of amides is 3. The third kappa shape index (κ3) is 4.48. The minimum atomic E-state index is -0.690. The summed E-state index contributed by atoms with van der Waals surface area (Å²) < 4.78 is 5.30. The fourth-order valence-electron chi connectivity index (χ4n) is 4.67. The van der Waals surface area contributed by atoms with E-state index in [4.69, 9.17) is 4.74 Å². The minimum absolute atomic E-state index is 0.00306. The Bertz CT molecular complexity index is 699. The smallest absolute Gasteiger partial charge is 0.327 e. The zero-order valence-electron chi connectivity index (χ0n) is 18.3. The lowest BCUT2D eigenvalue weighted by molar-refractivity contribution is -0.136. The molecule has 3 amide bonds. The van der Waals surface area contributed by atoms with Crippen LogP contribution in [0.4, 0.5) is 4.79 Å². The number of benzene rings is 1. The Morgan fingerprint density at radius 2 is 1.72 bits per heavy atom. The number of rotatable bonds is 8. The summed E-state index contributed by atoms with van der Waals surface area (Å²) in [5.41, 5.74) is 0.501. The van der Waals surface area contributed by atoms with Gasteiger partial charge in [0.15, 0.2) is 0 Å². The van der Waals surface area contributed by atoms with Gasteiger partial charge in [-0.25, -0.2) is 4.79 Å². The van der Waals surface area contributed by atoms with Crippen LogP contribution in [0, 0.1) is 5.92 Å². The molecule has 1 aromatic carbocycles. The summed E-state index contributed by atoms with van der Waals surface area (Å²) in [4.78, 5) is 32.5. The predicted molar refractivity (Wildman–Crippen MR) is 114 cm³/mol. The van der Waals surface area contributed by atoms with E-state index in [-0.39, 0.29) is 17.9 Å². The molecule has 2 aliphatic rings.